The van der Waals surface area contributed by atoms with Crippen molar-refractivity contribution in [2.24, 2.45) is 0 Å². The highest BCUT2D eigenvalue weighted by Gasteiger charge is 2.37. The van der Waals surface area contributed by atoms with Crippen molar-refractivity contribution in [3.05, 3.63) is 77.9 Å². The van der Waals surface area contributed by atoms with Crippen LogP contribution in [0.2, 0.25) is 0 Å². The standard InChI is InChI=1S/C30H36N2O4S2.C2H6/c1-6-21(4)17-18-22(5)38(34,35)36-20-19-32-25-15-11-9-13-23(25)27-28(32)24-14-10-12-16-26(24)37-29(27)30(33)31(7-2)8-3;1-2/h6,9-18,22,29H,7-8,19-20H2,1-5H3;1-2H3/b18-17-,21-6-;. The van der Waals surface area contributed by atoms with E-state index in [1.807, 2.05) is 82.9 Å². The van der Waals surface area contributed by atoms with E-state index in [-0.39, 0.29) is 17.8 Å². The first-order valence-electron chi connectivity index (χ1n) is 14.1. The molecule has 0 saturated carbocycles. The maximum absolute atomic E-state index is 13.7. The average molecular weight is 583 g/mol. The summed E-state index contributed by atoms with van der Waals surface area (Å²) in [6, 6.07) is 16.1. The second kappa shape index (κ2) is 14.2. The first-order chi connectivity index (χ1) is 19.2. The van der Waals surface area contributed by atoms with Crippen LogP contribution in [0.5, 0.6) is 0 Å². The lowest BCUT2D eigenvalue weighted by atomic mass is 10.0. The Morgan fingerprint density at radius 3 is 2.42 bits per heavy atom. The van der Waals surface area contributed by atoms with Crippen molar-refractivity contribution in [2.45, 2.75) is 70.4 Å². The van der Waals surface area contributed by atoms with E-state index in [4.69, 9.17) is 4.18 Å². The zero-order valence-electron chi connectivity index (χ0n) is 24.7. The van der Waals surface area contributed by atoms with E-state index >= 15 is 0 Å². The summed E-state index contributed by atoms with van der Waals surface area (Å²) in [5.74, 6) is 0.0921. The van der Waals surface area contributed by atoms with Crippen molar-refractivity contribution in [2.75, 3.05) is 19.7 Å². The zero-order chi connectivity index (χ0) is 29.4. The molecule has 216 valence electrons. The smallest absolute Gasteiger partial charge is 0.273 e. The molecule has 2 unspecified atom stereocenters. The molecule has 0 radical (unpaired) electrons. The molecule has 0 spiro atoms. The summed E-state index contributed by atoms with van der Waals surface area (Å²) < 4.78 is 33.3. The fourth-order valence-corrected chi connectivity index (χ4v) is 6.88. The third-order valence-corrected chi connectivity index (χ3v) is 9.91. The Kier molecular flexibility index (Phi) is 11.3. The number of thioether (sulfide) groups is 1. The summed E-state index contributed by atoms with van der Waals surface area (Å²) in [7, 11) is -3.79. The van der Waals surface area contributed by atoms with E-state index < -0.39 is 15.4 Å². The largest absolute Gasteiger partial charge is 0.342 e. The second-order valence-electron chi connectivity index (χ2n) is 9.35. The summed E-state index contributed by atoms with van der Waals surface area (Å²) >= 11 is 1.59. The molecule has 1 aromatic heterocycles. The van der Waals surface area contributed by atoms with Crippen molar-refractivity contribution in [3.8, 4) is 11.3 Å². The van der Waals surface area contributed by atoms with Gasteiger partial charge in [0.05, 0.1) is 12.3 Å². The molecule has 8 heteroatoms. The number of nitrogens with zero attached hydrogens (tertiary/aromatic N) is 2. The van der Waals surface area contributed by atoms with Crippen molar-refractivity contribution in [1.82, 2.24) is 9.47 Å². The van der Waals surface area contributed by atoms with Crippen LogP contribution in [0.1, 0.15) is 59.3 Å². The molecule has 3 aromatic rings. The molecule has 1 aliphatic heterocycles. The Balaban J connectivity index is 0.00000216. The average Bonchev–Trinajstić information content (AvgIpc) is 3.31. The van der Waals surface area contributed by atoms with Gasteiger partial charge in [0.15, 0.2) is 0 Å². The molecule has 2 aromatic carbocycles. The minimum Gasteiger partial charge on any atom is -0.342 e. The van der Waals surface area contributed by atoms with Crippen molar-refractivity contribution in [3.63, 3.8) is 0 Å². The quantitative estimate of drug-likeness (QED) is 0.182. The number of amides is 1. The van der Waals surface area contributed by atoms with Gasteiger partial charge in [-0.15, -0.1) is 11.8 Å². The number of rotatable bonds is 10. The van der Waals surface area contributed by atoms with Gasteiger partial charge in [0.25, 0.3) is 10.1 Å². The SMILES string of the molecule is C/C=C(C)\C=C/C(C)S(=O)(=O)OCCn1c2c(c3ccccc31)C(C(=O)N(CC)CC)Sc1ccccc1-2.CC. The van der Waals surface area contributed by atoms with Crippen LogP contribution < -0.4 is 0 Å². The Morgan fingerprint density at radius 2 is 1.75 bits per heavy atom. The summed E-state index contributed by atoms with van der Waals surface area (Å²) in [6.07, 6.45) is 5.36. The van der Waals surface area contributed by atoms with Gasteiger partial charge in [-0.25, -0.2) is 0 Å². The fourth-order valence-electron chi connectivity index (χ4n) is 4.78. The molecule has 4 rings (SSSR count). The lowest BCUT2D eigenvalue weighted by Crippen LogP contribution is -2.34. The van der Waals surface area contributed by atoms with E-state index in [1.54, 1.807) is 30.8 Å². The van der Waals surface area contributed by atoms with Crippen LogP contribution in [0.4, 0.5) is 0 Å². The van der Waals surface area contributed by atoms with Gasteiger partial charge in [0.1, 0.15) is 10.5 Å². The van der Waals surface area contributed by atoms with Crippen LogP contribution in [-0.2, 0) is 25.6 Å². The van der Waals surface area contributed by atoms with E-state index in [1.165, 1.54) is 0 Å². The Bertz CT molecular complexity index is 1480. The first kappa shape index (κ1) is 31.7. The van der Waals surface area contributed by atoms with Gasteiger partial charge in [-0.2, -0.15) is 8.42 Å². The summed E-state index contributed by atoms with van der Waals surface area (Å²) in [6.45, 7) is 15.1. The van der Waals surface area contributed by atoms with Gasteiger partial charge in [-0.3, -0.25) is 8.98 Å². The molecule has 0 fully saturated rings. The highest BCUT2D eigenvalue weighted by atomic mass is 32.2. The number of likely N-dealkylation sites (N-methyl/N-ethyl adjacent to an activating group) is 1. The molecular formula is C32H42N2O4S2. The maximum atomic E-state index is 13.7. The third kappa shape index (κ3) is 6.56. The fraction of sp³-hybridized carbons (Fsp3) is 0.406. The summed E-state index contributed by atoms with van der Waals surface area (Å²) in [4.78, 5) is 16.6. The topological polar surface area (TPSA) is 68.6 Å². The summed E-state index contributed by atoms with van der Waals surface area (Å²) in [5.41, 5.74) is 4.95. The number of para-hydroxylation sites is 1. The molecule has 1 aliphatic rings. The van der Waals surface area contributed by atoms with Gasteiger partial charge in [-0.05, 0) is 46.8 Å². The minimum absolute atomic E-state index is 0.00179. The highest BCUT2D eigenvalue weighted by Crippen LogP contribution is 2.53. The molecule has 2 heterocycles. The maximum Gasteiger partial charge on any atom is 0.273 e. The normalized spacial score (nSPS) is 15.8. The number of carbonyl (C=O) groups excluding carboxylic acids is 1. The number of allylic oxidation sites excluding steroid dienone is 3. The monoisotopic (exact) mass is 582 g/mol. The number of aromatic nitrogens is 1. The van der Waals surface area contributed by atoms with Crippen LogP contribution in [0.15, 0.2) is 77.2 Å². The number of hydrogen-bond donors (Lipinski definition) is 0. The molecule has 0 N–H and O–H groups in total. The van der Waals surface area contributed by atoms with Crippen molar-refractivity contribution >= 4 is 38.7 Å². The number of fused-ring (bicyclic) bond motifs is 5. The molecule has 1 amide bonds. The zero-order valence-corrected chi connectivity index (χ0v) is 26.3. The predicted octanol–water partition coefficient (Wildman–Crippen LogP) is 7.61. The molecule has 2 atom stereocenters. The van der Waals surface area contributed by atoms with Gasteiger partial charge in [-0.1, -0.05) is 74.0 Å². The minimum atomic E-state index is -3.79. The number of benzene rings is 2. The Labute approximate surface area is 244 Å². The van der Waals surface area contributed by atoms with Crippen LogP contribution in [0.25, 0.3) is 22.2 Å². The van der Waals surface area contributed by atoms with E-state index in [0.717, 1.165) is 38.2 Å². The molecule has 0 bridgehead atoms. The van der Waals surface area contributed by atoms with Gasteiger partial charge in [0.2, 0.25) is 5.91 Å². The van der Waals surface area contributed by atoms with Gasteiger partial charge < -0.3 is 9.47 Å². The van der Waals surface area contributed by atoms with Gasteiger partial charge >= 0.3 is 0 Å². The van der Waals surface area contributed by atoms with Crippen LogP contribution in [0.3, 0.4) is 0 Å². The third-order valence-electron chi connectivity index (χ3n) is 7.06. The lowest BCUT2D eigenvalue weighted by molar-refractivity contribution is -0.130. The number of carbonyl (C=O) groups is 1. The van der Waals surface area contributed by atoms with E-state index in [0.29, 0.717) is 19.6 Å². The Hall–Kier alpha value is -2.81. The molecule has 0 saturated heterocycles. The first-order valence-corrected chi connectivity index (χ1v) is 16.4. The highest BCUT2D eigenvalue weighted by molar-refractivity contribution is 8.00. The van der Waals surface area contributed by atoms with E-state index in [2.05, 4.69) is 22.8 Å². The van der Waals surface area contributed by atoms with Crippen LogP contribution in [-0.4, -0.2) is 48.7 Å². The molecule has 0 aliphatic carbocycles. The molecule has 6 nitrogen and oxygen atoms in total. The predicted molar refractivity (Wildman–Crippen MR) is 168 cm³/mol. The Morgan fingerprint density at radius 1 is 1.10 bits per heavy atom. The molecule has 40 heavy (non-hydrogen) atoms. The van der Waals surface area contributed by atoms with Crippen molar-refractivity contribution < 1.29 is 17.4 Å². The number of hydrogen-bond acceptors (Lipinski definition) is 5. The van der Waals surface area contributed by atoms with Crippen LogP contribution >= 0.6 is 11.8 Å². The van der Waals surface area contributed by atoms with Gasteiger partial charge in [0, 0.05) is 46.6 Å². The summed E-state index contributed by atoms with van der Waals surface area (Å²) in [5, 5.41) is -0.132. The second-order valence-corrected chi connectivity index (χ2v) is 12.5. The lowest BCUT2D eigenvalue weighted by Gasteiger charge is -2.30. The van der Waals surface area contributed by atoms with Crippen molar-refractivity contribution in [1.29, 1.82) is 0 Å². The molecular weight excluding hydrogens is 540 g/mol. The van der Waals surface area contributed by atoms with E-state index in [9.17, 15) is 13.2 Å². The van der Waals surface area contributed by atoms with Crippen LogP contribution in [0, 0.1) is 0 Å².